The van der Waals surface area contributed by atoms with Gasteiger partial charge in [-0.15, -0.1) is 0 Å². The highest BCUT2D eigenvalue weighted by molar-refractivity contribution is 6.34. The Balaban J connectivity index is 2.21. The summed E-state index contributed by atoms with van der Waals surface area (Å²) in [7, 11) is 0. The van der Waals surface area contributed by atoms with Crippen molar-refractivity contribution < 1.29 is 0 Å². The molecule has 21 heavy (non-hydrogen) atoms. The van der Waals surface area contributed by atoms with E-state index in [2.05, 4.69) is 27.1 Å². The molecule has 110 valence electrons. The molecule has 2 N–H and O–H groups in total. The maximum atomic E-state index is 12.2. The molecule has 3 aromatic heterocycles. The number of hydrogen-bond donors (Lipinski definition) is 2. The third kappa shape index (κ3) is 2.47. The Labute approximate surface area is 126 Å². The van der Waals surface area contributed by atoms with Crippen LogP contribution in [0.25, 0.3) is 22.3 Å². The number of aromatic amines is 2. The Morgan fingerprint density at radius 2 is 2.19 bits per heavy atom. The minimum absolute atomic E-state index is 0.152. The van der Waals surface area contributed by atoms with E-state index in [4.69, 9.17) is 11.6 Å². The SMILES string of the molecule is CCCCCn1c(=O)[nH]c2ncc(Cl)c(-c3cn[nH]c3)c21. The number of nitrogens with one attached hydrogen (secondary N) is 2. The average Bonchev–Trinajstić information content (AvgIpc) is 3.08. The number of nitrogens with zero attached hydrogens (tertiary/aromatic N) is 3. The molecule has 0 amide bonds. The highest BCUT2D eigenvalue weighted by atomic mass is 35.5. The van der Waals surface area contributed by atoms with Crippen molar-refractivity contribution in [3.8, 4) is 11.1 Å². The van der Waals surface area contributed by atoms with Crippen LogP contribution in [-0.2, 0) is 6.54 Å². The molecule has 7 heteroatoms. The van der Waals surface area contributed by atoms with Gasteiger partial charge in [-0.05, 0) is 6.42 Å². The number of H-pyrrole nitrogens is 2. The standard InChI is InChI=1S/C14H16ClN5O/c1-2-3-4-5-20-12-11(9-6-17-18-7-9)10(15)8-16-13(12)19-14(20)21/h6-8H,2-5H2,1H3,(H,17,18)(H,16,19,21). The molecule has 0 aliphatic heterocycles. The van der Waals surface area contributed by atoms with Gasteiger partial charge in [0.15, 0.2) is 5.65 Å². The van der Waals surface area contributed by atoms with Crippen LogP contribution < -0.4 is 5.69 Å². The Morgan fingerprint density at radius 1 is 1.33 bits per heavy atom. The molecular weight excluding hydrogens is 290 g/mol. The first-order valence-electron chi connectivity index (χ1n) is 6.98. The summed E-state index contributed by atoms with van der Waals surface area (Å²) in [4.78, 5) is 19.2. The molecule has 3 aromatic rings. The summed E-state index contributed by atoms with van der Waals surface area (Å²) < 4.78 is 1.71. The summed E-state index contributed by atoms with van der Waals surface area (Å²) in [6, 6.07) is 0. The lowest BCUT2D eigenvalue weighted by Crippen LogP contribution is -2.17. The van der Waals surface area contributed by atoms with E-state index in [9.17, 15) is 4.79 Å². The molecule has 0 saturated carbocycles. The normalized spacial score (nSPS) is 11.3. The van der Waals surface area contributed by atoms with E-state index in [1.165, 1.54) is 0 Å². The van der Waals surface area contributed by atoms with E-state index < -0.39 is 0 Å². The van der Waals surface area contributed by atoms with Crippen LogP contribution in [0, 0.1) is 0 Å². The van der Waals surface area contributed by atoms with Crippen molar-refractivity contribution in [3.63, 3.8) is 0 Å². The summed E-state index contributed by atoms with van der Waals surface area (Å²) in [6.07, 6.45) is 8.13. The molecule has 0 saturated heterocycles. The first-order valence-corrected chi connectivity index (χ1v) is 7.36. The molecular formula is C14H16ClN5O. The molecule has 6 nitrogen and oxygen atoms in total. The van der Waals surface area contributed by atoms with E-state index in [0.717, 1.165) is 35.9 Å². The number of fused-ring (bicyclic) bond motifs is 1. The summed E-state index contributed by atoms with van der Waals surface area (Å²) in [6.45, 7) is 2.78. The van der Waals surface area contributed by atoms with Gasteiger partial charge in [0.2, 0.25) is 0 Å². The largest absolute Gasteiger partial charge is 0.327 e. The summed E-state index contributed by atoms with van der Waals surface area (Å²) in [5, 5.41) is 7.24. The van der Waals surface area contributed by atoms with Crippen molar-refractivity contribution in [1.82, 2.24) is 24.7 Å². The van der Waals surface area contributed by atoms with Crippen LogP contribution in [0.5, 0.6) is 0 Å². The number of unbranched alkanes of at least 4 members (excludes halogenated alkanes) is 2. The van der Waals surface area contributed by atoms with Gasteiger partial charge in [-0.2, -0.15) is 5.10 Å². The molecule has 0 radical (unpaired) electrons. The summed E-state index contributed by atoms with van der Waals surface area (Å²) in [5.41, 5.74) is 2.77. The monoisotopic (exact) mass is 305 g/mol. The number of aryl methyl sites for hydroxylation is 1. The van der Waals surface area contributed by atoms with Gasteiger partial charge in [0.05, 0.1) is 16.7 Å². The van der Waals surface area contributed by atoms with E-state index in [1.54, 1.807) is 23.2 Å². The molecule has 0 aliphatic rings. The minimum Gasteiger partial charge on any atom is -0.290 e. The lowest BCUT2D eigenvalue weighted by molar-refractivity contribution is 0.601. The van der Waals surface area contributed by atoms with Crippen LogP contribution in [0.1, 0.15) is 26.2 Å². The minimum atomic E-state index is -0.152. The zero-order valence-electron chi connectivity index (χ0n) is 11.7. The van der Waals surface area contributed by atoms with Gasteiger partial charge in [0.25, 0.3) is 0 Å². The first-order chi connectivity index (χ1) is 10.2. The molecule has 0 atom stereocenters. The molecule has 0 aliphatic carbocycles. The Bertz CT molecular complexity index is 803. The Hall–Kier alpha value is -2.08. The fourth-order valence-electron chi connectivity index (χ4n) is 2.50. The molecule has 3 heterocycles. The van der Waals surface area contributed by atoms with Crippen molar-refractivity contribution in [3.05, 3.63) is 34.1 Å². The van der Waals surface area contributed by atoms with Crippen LogP contribution in [0.3, 0.4) is 0 Å². The fraction of sp³-hybridized carbons (Fsp3) is 0.357. The number of hydrogen-bond acceptors (Lipinski definition) is 3. The van der Waals surface area contributed by atoms with Gasteiger partial charge in [-0.3, -0.25) is 14.6 Å². The van der Waals surface area contributed by atoms with Gasteiger partial charge in [-0.25, -0.2) is 9.78 Å². The van der Waals surface area contributed by atoms with Crippen LogP contribution in [0.15, 0.2) is 23.4 Å². The van der Waals surface area contributed by atoms with Gasteiger partial charge in [0, 0.05) is 30.1 Å². The van der Waals surface area contributed by atoms with Crippen molar-refractivity contribution in [2.75, 3.05) is 0 Å². The van der Waals surface area contributed by atoms with Crippen LogP contribution in [0.4, 0.5) is 0 Å². The van der Waals surface area contributed by atoms with Crippen molar-refractivity contribution in [1.29, 1.82) is 0 Å². The quantitative estimate of drug-likeness (QED) is 0.711. The highest BCUT2D eigenvalue weighted by Gasteiger charge is 2.17. The first kappa shape index (κ1) is 13.9. The number of rotatable bonds is 5. The zero-order valence-corrected chi connectivity index (χ0v) is 12.4. The second-order valence-corrected chi connectivity index (χ2v) is 5.36. The van der Waals surface area contributed by atoms with E-state index in [0.29, 0.717) is 17.2 Å². The predicted molar refractivity (Wildman–Crippen MR) is 82.5 cm³/mol. The topological polar surface area (TPSA) is 79.4 Å². The number of imidazole rings is 1. The van der Waals surface area contributed by atoms with Gasteiger partial charge in [-0.1, -0.05) is 31.4 Å². The molecule has 0 aromatic carbocycles. The number of halogens is 1. The average molecular weight is 306 g/mol. The smallest absolute Gasteiger partial charge is 0.290 e. The third-order valence-electron chi connectivity index (χ3n) is 3.52. The Morgan fingerprint density at radius 3 is 2.90 bits per heavy atom. The predicted octanol–water partition coefficient (Wildman–Crippen LogP) is 2.96. The molecule has 0 bridgehead atoms. The van der Waals surface area contributed by atoms with Crippen LogP contribution in [-0.4, -0.2) is 24.7 Å². The maximum absolute atomic E-state index is 12.2. The zero-order chi connectivity index (χ0) is 14.8. The second-order valence-electron chi connectivity index (χ2n) is 4.95. The molecule has 0 spiro atoms. The number of aromatic nitrogens is 5. The van der Waals surface area contributed by atoms with E-state index in [1.807, 2.05) is 0 Å². The maximum Gasteiger partial charge on any atom is 0.327 e. The summed E-state index contributed by atoms with van der Waals surface area (Å²) in [5.74, 6) is 0. The summed E-state index contributed by atoms with van der Waals surface area (Å²) >= 11 is 6.30. The van der Waals surface area contributed by atoms with Gasteiger partial charge < -0.3 is 0 Å². The van der Waals surface area contributed by atoms with Crippen molar-refractivity contribution in [2.24, 2.45) is 0 Å². The van der Waals surface area contributed by atoms with Gasteiger partial charge in [0.1, 0.15) is 0 Å². The van der Waals surface area contributed by atoms with Crippen molar-refractivity contribution in [2.45, 2.75) is 32.7 Å². The van der Waals surface area contributed by atoms with Gasteiger partial charge >= 0.3 is 5.69 Å². The highest BCUT2D eigenvalue weighted by Crippen LogP contribution is 2.32. The Kier molecular flexibility index (Phi) is 3.79. The van der Waals surface area contributed by atoms with Crippen molar-refractivity contribution >= 4 is 22.8 Å². The lowest BCUT2D eigenvalue weighted by atomic mass is 10.1. The van der Waals surface area contributed by atoms with Crippen LogP contribution >= 0.6 is 11.6 Å². The fourth-order valence-corrected chi connectivity index (χ4v) is 2.75. The second kappa shape index (κ2) is 5.73. The molecule has 0 fully saturated rings. The van der Waals surface area contributed by atoms with E-state index in [-0.39, 0.29) is 5.69 Å². The molecule has 0 unspecified atom stereocenters. The van der Waals surface area contributed by atoms with Crippen LogP contribution in [0.2, 0.25) is 5.02 Å². The molecule has 3 rings (SSSR count). The number of pyridine rings is 1. The third-order valence-corrected chi connectivity index (χ3v) is 3.81. The van der Waals surface area contributed by atoms with E-state index >= 15 is 0 Å². The lowest BCUT2D eigenvalue weighted by Gasteiger charge is -2.08.